The third kappa shape index (κ3) is 12.6. The van der Waals surface area contributed by atoms with Crippen LogP contribution in [0.5, 0.6) is 5.75 Å². The van der Waals surface area contributed by atoms with Crippen molar-refractivity contribution in [2.45, 2.75) is 124 Å². The van der Waals surface area contributed by atoms with Gasteiger partial charge in [0.1, 0.15) is 18.1 Å². The van der Waals surface area contributed by atoms with E-state index in [0.717, 1.165) is 5.71 Å². The van der Waals surface area contributed by atoms with E-state index in [0.29, 0.717) is 102 Å². The number of hydroxylamine groups is 2. The number of imide groups is 1. The van der Waals surface area contributed by atoms with E-state index in [2.05, 4.69) is 0 Å². The molecule has 2 amide bonds. The highest BCUT2D eigenvalue weighted by molar-refractivity contribution is 7.86. The minimum absolute atomic E-state index is 0.0270. The number of rotatable bonds is 20. The second kappa shape index (κ2) is 21.4. The zero-order chi connectivity index (χ0) is 54.2. The number of hydrogen-bond donors (Lipinski definition) is 4. The van der Waals surface area contributed by atoms with Crippen LogP contribution in [0.25, 0.3) is 0 Å². The van der Waals surface area contributed by atoms with Gasteiger partial charge >= 0.3 is 5.97 Å². The highest BCUT2D eigenvalue weighted by atomic mass is 32.2. The molecule has 24 heteroatoms. The number of ether oxygens (including phenoxy) is 1. The number of hydrogen-bond acceptors (Lipinski definition) is 14. The van der Waals surface area contributed by atoms with Gasteiger partial charge < -0.3 is 14.5 Å². The van der Waals surface area contributed by atoms with Crippen molar-refractivity contribution in [2.24, 2.45) is 0 Å². The van der Waals surface area contributed by atoms with Crippen molar-refractivity contribution in [3.8, 4) is 5.75 Å². The van der Waals surface area contributed by atoms with Gasteiger partial charge in [-0.3, -0.25) is 27.8 Å². The normalized spacial score (nSPS) is 19.1. The molecule has 3 aromatic rings. The summed E-state index contributed by atoms with van der Waals surface area (Å²) in [6.45, 7) is 8.24. The number of carbonyl (C=O) groups is 3. The predicted molar refractivity (Wildman–Crippen MR) is 270 cm³/mol. The zero-order valence-electron chi connectivity index (χ0n) is 41.1. The lowest BCUT2D eigenvalue weighted by molar-refractivity contribution is -0.438. The van der Waals surface area contributed by atoms with E-state index in [-0.39, 0.29) is 52.7 Å². The van der Waals surface area contributed by atoms with Crippen molar-refractivity contribution in [3.05, 3.63) is 119 Å². The molecule has 3 aromatic carbocycles. The van der Waals surface area contributed by atoms with Crippen molar-refractivity contribution in [1.29, 1.82) is 0 Å². The minimum Gasteiger partial charge on any atom is -0.457 e. The van der Waals surface area contributed by atoms with E-state index < -0.39 is 74.8 Å². The van der Waals surface area contributed by atoms with Crippen LogP contribution in [0, 0.1) is 0 Å². The fourth-order valence-electron chi connectivity index (χ4n) is 9.70. The van der Waals surface area contributed by atoms with E-state index in [1.54, 1.807) is 12.1 Å². The molecule has 4 N–H and O–H groups in total. The van der Waals surface area contributed by atoms with Gasteiger partial charge in [0.05, 0.1) is 25.9 Å². The van der Waals surface area contributed by atoms with Crippen LogP contribution in [0.15, 0.2) is 122 Å². The summed E-state index contributed by atoms with van der Waals surface area (Å²) < 4.78 is 144. The molecule has 74 heavy (non-hydrogen) atoms. The average molecular weight is 1100 g/mol. The monoisotopic (exact) mass is 1100 g/mol. The maximum Gasteiger partial charge on any atom is 0.333 e. The fraction of sp³-hybridized carbons (Fsp3) is 0.400. The number of fused-ring (bicyclic) bond motifs is 2. The Hall–Kier alpha value is -5.86. The summed E-state index contributed by atoms with van der Waals surface area (Å²) in [5.41, 5.74) is 3.61. The molecule has 0 atom stereocenters. The van der Waals surface area contributed by atoms with Crippen LogP contribution >= 0.6 is 0 Å². The summed E-state index contributed by atoms with van der Waals surface area (Å²) >= 11 is 0. The molecule has 20 nitrogen and oxygen atoms in total. The first kappa shape index (κ1) is 55.9. The number of carbonyl (C=O) groups excluding carboxylic acids is 3. The third-order valence-corrected chi connectivity index (χ3v) is 16.9. The summed E-state index contributed by atoms with van der Waals surface area (Å²) in [6, 6.07) is 13.8. The second-order valence-electron chi connectivity index (χ2n) is 19.4. The Bertz CT molecular complexity index is 3390. The van der Waals surface area contributed by atoms with Gasteiger partial charge in [0, 0.05) is 66.7 Å². The molecular formula is C50H58N3O17S4+. The van der Waals surface area contributed by atoms with Crippen molar-refractivity contribution < 1.29 is 80.4 Å². The lowest BCUT2D eigenvalue weighted by atomic mass is 9.81. The first-order chi connectivity index (χ1) is 34.5. The second-order valence-corrected chi connectivity index (χ2v) is 25.3. The zero-order valence-corrected chi connectivity index (χ0v) is 44.3. The van der Waals surface area contributed by atoms with Gasteiger partial charge in [-0.15, -0.1) is 5.06 Å². The van der Waals surface area contributed by atoms with E-state index in [1.807, 2.05) is 61.5 Å². The van der Waals surface area contributed by atoms with Gasteiger partial charge in [-0.05, 0) is 142 Å². The van der Waals surface area contributed by atoms with Gasteiger partial charge in [0.2, 0.25) is 5.69 Å². The highest BCUT2D eigenvalue weighted by Crippen LogP contribution is 2.49. The predicted octanol–water partition coefficient (Wildman–Crippen LogP) is 7.32. The summed E-state index contributed by atoms with van der Waals surface area (Å²) in [5, 5.41) is 0.506. The number of allylic oxidation sites excluding steroid dienone is 7. The maximum absolute atomic E-state index is 12.5. The van der Waals surface area contributed by atoms with E-state index >= 15 is 0 Å². The molecule has 3 heterocycles. The molecule has 398 valence electrons. The molecule has 1 fully saturated rings. The largest absolute Gasteiger partial charge is 0.457 e. The first-order valence-electron chi connectivity index (χ1n) is 23.7. The molecule has 0 radical (unpaired) electrons. The van der Waals surface area contributed by atoms with Crippen molar-refractivity contribution >= 4 is 75.3 Å². The van der Waals surface area contributed by atoms with Crippen molar-refractivity contribution in [1.82, 2.24) is 5.06 Å². The Morgan fingerprint density at radius 1 is 0.676 bits per heavy atom. The molecule has 0 unspecified atom stereocenters. The number of unbranched alkanes of at least 4 members (excludes halogenated alkanes) is 3. The smallest absolute Gasteiger partial charge is 0.333 e. The number of nitrogens with zero attached hydrogens (tertiary/aromatic N) is 3. The van der Waals surface area contributed by atoms with E-state index in [9.17, 15) is 66.3 Å². The molecule has 0 aromatic heterocycles. The molecule has 7 rings (SSSR count). The lowest BCUT2D eigenvalue weighted by Crippen LogP contribution is -2.31. The Labute approximate surface area is 430 Å². The van der Waals surface area contributed by atoms with E-state index in [4.69, 9.17) is 9.57 Å². The Morgan fingerprint density at radius 2 is 1.28 bits per heavy atom. The lowest BCUT2D eigenvalue weighted by Gasteiger charge is -2.27. The quantitative estimate of drug-likeness (QED) is 0.0373. The van der Waals surface area contributed by atoms with Crippen LogP contribution in [0.2, 0.25) is 0 Å². The summed E-state index contributed by atoms with van der Waals surface area (Å²) in [7, 11) is -17.9. The summed E-state index contributed by atoms with van der Waals surface area (Å²) in [4.78, 5) is 42.4. The first-order valence-corrected chi connectivity index (χ1v) is 29.7. The Balaban J connectivity index is 1.28. The standard InChI is InChI=1S/C50H57N3O17S4/c1-49(2)39-31-37(73(63,64)65)20-22-41(39)51(28-7-5-6-13-47(56)70-53-45(54)26-27-46(53)55)43(49)24-14-33-11-10-12-34(48(33)69-35-16-18-36(19-17-35)72(60,61)62)15-25-44-50(3,4)40-32-38(74(66,67)68)21-23-42(40)52(44)29-8-9-30-71(57,58)59/h14-25,31-32H,5-13,26-30H2,1-4H3,(H3-,57,58,59,60,61,62,63,64,65,66,67,68)/p+1. The van der Waals surface area contributed by atoms with Crippen LogP contribution in [0.1, 0.15) is 109 Å². The Morgan fingerprint density at radius 3 is 1.91 bits per heavy atom. The number of amides is 2. The van der Waals surface area contributed by atoms with Crippen molar-refractivity contribution in [3.63, 3.8) is 0 Å². The summed E-state index contributed by atoms with van der Waals surface area (Å²) in [5.74, 6) is -1.70. The van der Waals surface area contributed by atoms with E-state index in [1.165, 1.54) is 48.5 Å². The van der Waals surface area contributed by atoms with Crippen LogP contribution in [-0.4, -0.2) is 104 Å². The molecule has 0 spiro atoms. The molecule has 1 aliphatic carbocycles. The van der Waals surface area contributed by atoms with Gasteiger partial charge in [-0.25, -0.2) is 4.79 Å². The number of benzene rings is 3. The van der Waals surface area contributed by atoms with Crippen LogP contribution in [0.3, 0.4) is 0 Å². The molecular weight excluding hydrogens is 1040 g/mol. The molecule has 4 aliphatic rings. The van der Waals surface area contributed by atoms with Gasteiger partial charge in [-0.1, -0.05) is 19.9 Å². The van der Waals surface area contributed by atoms with Gasteiger partial charge in [-0.2, -0.15) is 38.2 Å². The average Bonchev–Trinajstić information content (AvgIpc) is 3.82. The topological polar surface area (TPSA) is 297 Å². The molecule has 0 bridgehead atoms. The summed E-state index contributed by atoms with van der Waals surface area (Å²) in [6.07, 6.45) is 10.9. The van der Waals surface area contributed by atoms with Gasteiger partial charge in [0.25, 0.3) is 52.3 Å². The fourth-order valence-corrected chi connectivity index (χ4v) is 11.8. The number of anilines is 1. The minimum atomic E-state index is -4.59. The molecule has 0 saturated carbocycles. The SMILES string of the molecule is CC1(C)C(=CC=C2CCCC(C=CC3=[N+](CCCCCC(=O)ON4C(=O)CCC4=O)c4ccc(S(=O)(=O)O)cc4C3(C)C)=C2Oc2ccc(S(=O)(=O)O)cc2)N(CCCCS(=O)(=O)O)c2ccc(S(=O)(=O)O)cc21. The van der Waals surface area contributed by atoms with Gasteiger partial charge in [0.15, 0.2) is 5.71 Å². The van der Waals surface area contributed by atoms with Crippen LogP contribution < -0.4 is 9.64 Å². The van der Waals surface area contributed by atoms with Crippen LogP contribution in [-0.2, 0) is 70.5 Å². The third-order valence-electron chi connectivity index (χ3n) is 13.5. The highest BCUT2D eigenvalue weighted by Gasteiger charge is 2.45. The van der Waals surface area contributed by atoms with Crippen molar-refractivity contribution in [2.75, 3.05) is 23.7 Å². The maximum atomic E-state index is 12.5. The Kier molecular flexibility index (Phi) is 16.2. The molecule has 1 saturated heterocycles. The molecule has 3 aliphatic heterocycles. The van der Waals surface area contributed by atoms with Crippen LogP contribution in [0.4, 0.5) is 11.4 Å².